The zero-order valence-electron chi connectivity index (χ0n) is 16.7. The van der Waals surface area contributed by atoms with Crippen LogP contribution in [0.2, 0.25) is 0 Å². The summed E-state index contributed by atoms with van der Waals surface area (Å²) in [6, 6.07) is 8.51. The molecule has 3 aromatic rings. The quantitative estimate of drug-likeness (QED) is 0.553. The van der Waals surface area contributed by atoms with Gasteiger partial charge in [-0.2, -0.15) is 0 Å². The molecule has 0 fully saturated rings. The van der Waals surface area contributed by atoms with Crippen LogP contribution in [-0.4, -0.2) is 26.3 Å². The third kappa shape index (κ3) is 4.79. The first-order valence-corrected chi connectivity index (χ1v) is 11.5. The van der Waals surface area contributed by atoms with Gasteiger partial charge in [-0.1, -0.05) is 11.2 Å². The van der Waals surface area contributed by atoms with Gasteiger partial charge in [0.15, 0.2) is 17.3 Å². The molecule has 3 heterocycles. The van der Waals surface area contributed by atoms with E-state index in [9.17, 15) is 13.2 Å². The number of aryl methyl sites for hydroxylation is 1. The Morgan fingerprint density at radius 3 is 2.81 bits per heavy atom. The Morgan fingerprint density at radius 2 is 2.00 bits per heavy atom. The fraction of sp³-hybridized carbons (Fsp3) is 0.200. The van der Waals surface area contributed by atoms with Crippen LogP contribution >= 0.6 is 11.3 Å². The van der Waals surface area contributed by atoms with Crippen LogP contribution in [0.3, 0.4) is 0 Å². The lowest BCUT2D eigenvalue weighted by atomic mass is 10.2. The molecule has 2 N–H and O–H groups in total. The molecule has 9 nitrogen and oxygen atoms in total. The number of nitrogens with one attached hydrogen (secondary N) is 2. The van der Waals surface area contributed by atoms with Crippen molar-refractivity contribution in [3.8, 4) is 11.5 Å². The molecule has 1 aliphatic rings. The molecule has 4 rings (SSSR count). The smallest absolute Gasteiger partial charge is 0.250 e. The second kappa shape index (κ2) is 8.53. The predicted molar refractivity (Wildman–Crippen MR) is 115 cm³/mol. The van der Waals surface area contributed by atoms with Crippen molar-refractivity contribution in [1.82, 2.24) is 9.88 Å². The lowest BCUT2D eigenvalue weighted by Crippen LogP contribution is -2.22. The lowest BCUT2D eigenvalue weighted by Gasteiger charge is -2.05. The highest BCUT2D eigenvalue weighted by molar-refractivity contribution is 7.91. The fourth-order valence-electron chi connectivity index (χ4n) is 2.86. The highest BCUT2D eigenvalue weighted by Gasteiger charge is 2.18. The van der Waals surface area contributed by atoms with E-state index in [1.807, 2.05) is 0 Å². The number of thiophene rings is 1. The number of carbonyl (C=O) groups excluding carboxylic acids is 1. The number of hydrogen-bond donors (Lipinski definition) is 2. The second-order valence-corrected chi connectivity index (χ2v) is 9.80. The van der Waals surface area contributed by atoms with Gasteiger partial charge in [0.1, 0.15) is 15.6 Å². The average Bonchev–Trinajstić information content (AvgIpc) is 3.46. The van der Waals surface area contributed by atoms with Crippen molar-refractivity contribution in [3.05, 3.63) is 52.2 Å². The molecule has 0 radical (unpaired) electrons. The Hall–Kier alpha value is -3.15. The summed E-state index contributed by atoms with van der Waals surface area (Å²) in [4.78, 5) is 12.0. The van der Waals surface area contributed by atoms with Gasteiger partial charge in [0, 0.05) is 18.3 Å². The van der Waals surface area contributed by atoms with Gasteiger partial charge < -0.3 is 19.3 Å². The summed E-state index contributed by atoms with van der Waals surface area (Å²) in [5, 5.41) is 6.51. The molecule has 0 spiro atoms. The van der Waals surface area contributed by atoms with Gasteiger partial charge in [-0.15, -0.1) is 11.3 Å². The van der Waals surface area contributed by atoms with E-state index >= 15 is 0 Å². The molecule has 0 bridgehead atoms. The molecule has 1 amide bonds. The van der Waals surface area contributed by atoms with Gasteiger partial charge in [0.25, 0.3) is 0 Å². The Morgan fingerprint density at radius 1 is 1.19 bits per heavy atom. The first-order valence-electron chi connectivity index (χ1n) is 9.22. The molecule has 162 valence electrons. The van der Waals surface area contributed by atoms with Gasteiger partial charge in [-0.05, 0) is 48.9 Å². The molecule has 0 unspecified atom stereocenters. The predicted octanol–water partition coefficient (Wildman–Crippen LogP) is 3.38. The normalized spacial score (nSPS) is 13.1. The molecule has 31 heavy (non-hydrogen) atoms. The van der Waals surface area contributed by atoms with E-state index in [4.69, 9.17) is 14.0 Å². The van der Waals surface area contributed by atoms with Crippen LogP contribution in [-0.2, 0) is 21.4 Å². The van der Waals surface area contributed by atoms with Gasteiger partial charge in [-0.25, -0.2) is 13.1 Å². The standard InChI is InChI=1S/C20H19N3O6S2/c1-12-20(22-13(2)24)17(29-23-12)7-4-15-5-8-19(30-15)31(25,26)21-10-14-3-6-16-18(9-14)28-11-27-16/h3-9,21H,10-11H2,1-2H3,(H,22,24). The maximum Gasteiger partial charge on any atom is 0.250 e. The Bertz CT molecular complexity index is 1260. The Kier molecular flexibility index (Phi) is 5.81. The van der Waals surface area contributed by atoms with Crippen LogP contribution in [0.4, 0.5) is 5.69 Å². The molecule has 11 heteroatoms. The number of rotatable bonds is 7. The number of nitrogens with zero attached hydrogens (tertiary/aromatic N) is 1. The van der Waals surface area contributed by atoms with Gasteiger partial charge in [-0.3, -0.25) is 4.79 Å². The van der Waals surface area contributed by atoms with Crippen LogP contribution in [0.5, 0.6) is 11.5 Å². The first-order chi connectivity index (χ1) is 14.8. The largest absolute Gasteiger partial charge is 0.454 e. The number of hydrogen-bond acceptors (Lipinski definition) is 8. The highest BCUT2D eigenvalue weighted by atomic mass is 32.2. The minimum atomic E-state index is -3.68. The highest BCUT2D eigenvalue weighted by Crippen LogP contribution is 2.32. The van der Waals surface area contributed by atoms with E-state index in [1.165, 1.54) is 13.0 Å². The number of fused-ring (bicyclic) bond motifs is 1. The summed E-state index contributed by atoms with van der Waals surface area (Å²) >= 11 is 1.11. The second-order valence-electron chi connectivity index (χ2n) is 6.69. The number of sulfonamides is 1. The summed E-state index contributed by atoms with van der Waals surface area (Å²) in [5.74, 6) is 1.39. The molecular weight excluding hydrogens is 442 g/mol. The molecule has 0 aliphatic carbocycles. The third-order valence-corrected chi connectivity index (χ3v) is 7.30. The molecule has 1 aromatic carbocycles. The summed E-state index contributed by atoms with van der Waals surface area (Å²) in [7, 11) is -3.68. The number of aromatic nitrogens is 1. The maximum absolute atomic E-state index is 12.6. The van der Waals surface area contributed by atoms with Crippen molar-refractivity contribution in [2.75, 3.05) is 12.1 Å². The molecule has 1 aliphatic heterocycles. The lowest BCUT2D eigenvalue weighted by molar-refractivity contribution is -0.114. The molecule has 0 saturated heterocycles. The van der Waals surface area contributed by atoms with E-state index in [-0.39, 0.29) is 23.5 Å². The topological polar surface area (TPSA) is 120 Å². The third-order valence-electron chi connectivity index (χ3n) is 4.36. The van der Waals surface area contributed by atoms with Crippen LogP contribution in [0.15, 0.2) is 39.1 Å². The van der Waals surface area contributed by atoms with Gasteiger partial charge >= 0.3 is 0 Å². The molecule has 2 aromatic heterocycles. The number of benzene rings is 1. The zero-order chi connectivity index (χ0) is 22.0. The summed E-state index contributed by atoms with van der Waals surface area (Å²) in [5.41, 5.74) is 1.80. The number of carbonyl (C=O) groups is 1. The minimum absolute atomic E-state index is 0.124. The van der Waals surface area contributed by atoms with Crippen LogP contribution < -0.4 is 19.5 Å². The first kappa shape index (κ1) is 21.1. The monoisotopic (exact) mass is 461 g/mol. The molecular formula is C20H19N3O6S2. The van der Waals surface area contributed by atoms with E-state index in [1.54, 1.807) is 43.3 Å². The summed E-state index contributed by atoms with van der Waals surface area (Å²) in [6.07, 6.45) is 3.33. The fourth-order valence-corrected chi connectivity index (χ4v) is 5.15. The minimum Gasteiger partial charge on any atom is -0.454 e. The van der Waals surface area contributed by atoms with Crippen molar-refractivity contribution in [1.29, 1.82) is 0 Å². The Labute approximate surface area is 182 Å². The number of ether oxygens (including phenoxy) is 2. The SMILES string of the molecule is CC(=O)Nc1c(C)noc1C=Cc1ccc(S(=O)(=O)NCc2ccc3c(c2)OCO3)s1. The van der Waals surface area contributed by atoms with Gasteiger partial charge in [0.2, 0.25) is 22.7 Å². The molecule has 0 saturated carbocycles. The Balaban J connectivity index is 1.44. The maximum atomic E-state index is 12.6. The van der Waals surface area contributed by atoms with Crippen LogP contribution in [0, 0.1) is 6.92 Å². The van der Waals surface area contributed by atoms with E-state index < -0.39 is 10.0 Å². The van der Waals surface area contributed by atoms with Crippen molar-refractivity contribution in [2.24, 2.45) is 0 Å². The van der Waals surface area contributed by atoms with Crippen molar-refractivity contribution in [3.63, 3.8) is 0 Å². The van der Waals surface area contributed by atoms with Gasteiger partial charge in [0.05, 0.1) is 0 Å². The van der Waals surface area contributed by atoms with Crippen molar-refractivity contribution < 1.29 is 27.2 Å². The van der Waals surface area contributed by atoms with Crippen molar-refractivity contribution in [2.45, 2.75) is 24.6 Å². The van der Waals surface area contributed by atoms with E-state index in [2.05, 4.69) is 15.2 Å². The number of anilines is 1. The van der Waals surface area contributed by atoms with Crippen molar-refractivity contribution >= 4 is 45.1 Å². The zero-order valence-corrected chi connectivity index (χ0v) is 18.3. The van der Waals surface area contributed by atoms with E-state index in [0.717, 1.165) is 16.9 Å². The van der Waals surface area contributed by atoms with Crippen LogP contribution in [0.25, 0.3) is 12.2 Å². The number of amides is 1. The summed E-state index contributed by atoms with van der Waals surface area (Å²) in [6.45, 7) is 3.40. The summed E-state index contributed by atoms with van der Waals surface area (Å²) < 4.78 is 43.9. The van der Waals surface area contributed by atoms with E-state index in [0.29, 0.717) is 33.5 Å². The molecule has 0 atom stereocenters. The van der Waals surface area contributed by atoms with Crippen LogP contribution in [0.1, 0.15) is 28.8 Å². The average molecular weight is 462 g/mol.